The van der Waals surface area contributed by atoms with Gasteiger partial charge in [0, 0.05) is 36.2 Å². The van der Waals surface area contributed by atoms with Crippen LogP contribution in [0.25, 0.3) is 11.1 Å². The summed E-state index contributed by atoms with van der Waals surface area (Å²) in [4.78, 5) is 23.2. The first-order valence-corrected chi connectivity index (χ1v) is 10.7. The molecule has 3 aromatic carbocycles. The molecule has 0 N–H and O–H groups in total. The summed E-state index contributed by atoms with van der Waals surface area (Å²) in [5.41, 5.74) is 3.12. The van der Waals surface area contributed by atoms with Crippen molar-refractivity contribution in [2.75, 3.05) is 6.61 Å². The number of aromatic nitrogens is 1. The molecule has 0 aliphatic rings. The molecule has 1 aromatic heterocycles. The first kappa shape index (κ1) is 21.9. The molecule has 0 bridgehead atoms. The van der Waals surface area contributed by atoms with E-state index in [1.165, 1.54) is 35.4 Å². The van der Waals surface area contributed by atoms with E-state index >= 15 is 0 Å². The Morgan fingerprint density at radius 2 is 1.45 bits per heavy atom. The maximum absolute atomic E-state index is 12.9. The van der Waals surface area contributed by atoms with Gasteiger partial charge in [-0.25, -0.2) is 4.57 Å². The molecular weight excluding hydrogens is 416 g/mol. The van der Waals surface area contributed by atoms with Crippen molar-refractivity contribution in [3.63, 3.8) is 0 Å². The fraction of sp³-hybridized carbons (Fsp3) is 0.111. The molecular formula is C27H23N2O4+. The van der Waals surface area contributed by atoms with Crippen LogP contribution in [0.5, 0.6) is 5.75 Å². The standard InChI is InChI=1S/C27H23N2O4/c30-27(23-11-13-24(14-12-23)29(31)32)25-9-4-5-10-26(25)33-20-6-17-28-18-15-22(16-19-28)21-7-2-1-3-8-21/h1-5,7-16,18-19H,6,17,20H2/q+1. The number of rotatable bonds is 9. The summed E-state index contributed by atoms with van der Waals surface area (Å²) in [5.74, 6) is 0.275. The number of carbonyl (C=O) groups excluding carboxylic acids is 1. The lowest BCUT2D eigenvalue weighted by atomic mass is 10.0. The number of nitro groups is 1. The third-order valence-corrected chi connectivity index (χ3v) is 5.29. The molecule has 1 heterocycles. The monoisotopic (exact) mass is 439 g/mol. The lowest BCUT2D eigenvalue weighted by Gasteiger charge is -2.10. The molecule has 0 fully saturated rings. The Morgan fingerprint density at radius 1 is 0.818 bits per heavy atom. The minimum Gasteiger partial charge on any atom is -0.493 e. The Kier molecular flexibility index (Phi) is 6.85. The number of para-hydroxylation sites is 1. The summed E-state index contributed by atoms with van der Waals surface area (Å²) in [5, 5.41) is 10.8. The highest BCUT2D eigenvalue weighted by Crippen LogP contribution is 2.23. The second-order valence-electron chi connectivity index (χ2n) is 7.52. The van der Waals surface area contributed by atoms with Gasteiger partial charge in [-0.2, -0.15) is 0 Å². The average molecular weight is 439 g/mol. The van der Waals surface area contributed by atoms with Gasteiger partial charge in [0.2, 0.25) is 0 Å². The van der Waals surface area contributed by atoms with Crippen molar-refractivity contribution in [3.05, 3.63) is 125 Å². The Morgan fingerprint density at radius 3 is 2.15 bits per heavy atom. The van der Waals surface area contributed by atoms with Crippen LogP contribution in [0.15, 0.2) is 103 Å². The number of nitrogens with zero attached hydrogens (tertiary/aromatic N) is 2. The lowest BCUT2D eigenvalue weighted by molar-refractivity contribution is -0.697. The predicted octanol–water partition coefficient (Wildman–Crippen LogP) is 5.25. The largest absolute Gasteiger partial charge is 0.493 e. The summed E-state index contributed by atoms with van der Waals surface area (Å²) in [7, 11) is 0. The normalized spacial score (nSPS) is 10.5. The van der Waals surface area contributed by atoms with Crippen molar-refractivity contribution in [2.45, 2.75) is 13.0 Å². The van der Waals surface area contributed by atoms with Crippen molar-refractivity contribution in [1.29, 1.82) is 0 Å². The number of non-ortho nitro benzene ring substituents is 1. The second-order valence-corrected chi connectivity index (χ2v) is 7.52. The first-order valence-electron chi connectivity index (χ1n) is 10.7. The van der Waals surface area contributed by atoms with Gasteiger partial charge >= 0.3 is 0 Å². The topological polar surface area (TPSA) is 73.3 Å². The average Bonchev–Trinajstić information content (AvgIpc) is 2.87. The van der Waals surface area contributed by atoms with Crippen molar-refractivity contribution in [2.24, 2.45) is 0 Å². The molecule has 0 atom stereocenters. The summed E-state index contributed by atoms with van der Waals surface area (Å²) in [6, 6.07) is 27.1. The Labute approximate surface area is 191 Å². The minimum absolute atomic E-state index is 0.0506. The summed E-state index contributed by atoms with van der Waals surface area (Å²) in [6.07, 6.45) is 4.87. The van der Waals surface area contributed by atoms with Crippen LogP contribution < -0.4 is 9.30 Å². The molecule has 6 nitrogen and oxygen atoms in total. The highest BCUT2D eigenvalue weighted by molar-refractivity contribution is 6.10. The number of pyridine rings is 1. The number of aryl methyl sites for hydroxylation is 1. The highest BCUT2D eigenvalue weighted by atomic mass is 16.6. The van der Waals surface area contributed by atoms with Crippen LogP contribution in [0.1, 0.15) is 22.3 Å². The number of ketones is 1. The van der Waals surface area contributed by atoms with E-state index < -0.39 is 4.92 Å². The van der Waals surface area contributed by atoms with Crippen molar-refractivity contribution >= 4 is 11.5 Å². The molecule has 0 saturated carbocycles. The van der Waals surface area contributed by atoms with Crippen LogP contribution in [0.2, 0.25) is 0 Å². The van der Waals surface area contributed by atoms with Crippen molar-refractivity contribution < 1.29 is 19.0 Å². The van der Waals surface area contributed by atoms with E-state index in [-0.39, 0.29) is 11.5 Å². The van der Waals surface area contributed by atoms with E-state index in [0.717, 1.165) is 13.0 Å². The smallest absolute Gasteiger partial charge is 0.269 e. The van der Waals surface area contributed by atoms with E-state index in [1.807, 2.05) is 36.7 Å². The lowest BCUT2D eigenvalue weighted by Crippen LogP contribution is -2.33. The van der Waals surface area contributed by atoms with E-state index in [2.05, 4.69) is 28.8 Å². The van der Waals surface area contributed by atoms with E-state index in [9.17, 15) is 14.9 Å². The molecule has 0 radical (unpaired) electrons. The third-order valence-electron chi connectivity index (χ3n) is 5.29. The van der Waals surface area contributed by atoms with Gasteiger partial charge in [0.05, 0.1) is 17.1 Å². The quantitative estimate of drug-likeness (QED) is 0.117. The zero-order valence-corrected chi connectivity index (χ0v) is 18.0. The molecule has 0 spiro atoms. The van der Waals surface area contributed by atoms with Gasteiger partial charge in [-0.1, -0.05) is 42.5 Å². The maximum Gasteiger partial charge on any atom is 0.269 e. The van der Waals surface area contributed by atoms with Crippen LogP contribution in [-0.4, -0.2) is 17.3 Å². The molecule has 4 rings (SSSR count). The Bertz CT molecular complexity index is 1240. The number of nitro benzene ring substituents is 1. The fourth-order valence-electron chi connectivity index (χ4n) is 3.53. The SMILES string of the molecule is O=C(c1ccc([N+](=O)[O-])cc1)c1ccccc1OCCC[n+]1ccc(-c2ccccc2)cc1. The molecule has 33 heavy (non-hydrogen) atoms. The van der Waals surface area contributed by atoms with Gasteiger partial charge < -0.3 is 4.74 Å². The zero-order chi connectivity index (χ0) is 23.0. The van der Waals surface area contributed by atoms with Crippen LogP contribution in [0.4, 0.5) is 5.69 Å². The van der Waals surface area contributed by atoms with Gasteiger partial charge in [-0.15, -0.1) is 0 Å². The Balaban J connectivity index is 1.35. The van der Waals surface area contributed by atoms with Crippen LogP contribution in [0.3, 0.4) is 0 Å². The first-order chi connectivity index (χ1) is 16.1. The van der Waals surface area contributed by atoms with Crippen molar-refractivity contribution in [1.82, 2.24) is 0 Å². The van der Waals surface area contributed by atoms with Crippen LogP contribution in [0, 0.1) is 10.1 Å². The molecule has 4 aromatic rings. The molecule has 0 saturated heterocycles. The second kappa shape index (κ2) is 10.3. The zero-order valence-electron chi connectivity index (χ0n) is 18.0. The number of ether oxygens (including phenoxy) is 1. The van der Waals surface area contributed by atoms with Gasteiger partial charge in [-0.3, -0.25) is 14.9 Å². The molecule has 0 amide bonds. The minimum atomic E-state index is -0.488. The van der Waals surface area contributed by atoms with Gasteiger partial charge in [0.15, 0.2) is 24.7 Å². The molecule has 0 unspecified atom stereocenters. The van der Waals surface area contributed by atoms with E-state index in [1.54, 1.807) is 18.2 Å². The maximum atomic E-state index is 12.9. The number of benzene rings is 3. The van der Waals surface area contributed by atoms with E-state index in [4.69, 9.17) is 4.74 Å². The Hall–Kier alpha value is -4.32. The molecule has 0 aliphatic heterocycles. The summed E-state index contributed by atoms with van der Waals surface area (Å²) >= 11 is 0. The number of carbonyl (C=O) groups is 1. The predicted molar refractivity (Wildman–Crippen MR) is 125 cm³/mol. The summed E-state index contributed by atoms with van der Waals surface area (Å²) in [6.45, 7) is 1.24. The number of hydrogen-bond acceptors (Lipinski definition) is 4. The fourth-order valence-corrected chi connectivity index (χ4v) is 3.53. The molecule has 164 valence electrons. The molecule has 0 aliphatic carbocycles. The van der Waals surface area contributed by atoms with Gasteiger partial charge in [0.1, 0.15) is 5.75 Å². The van der Waals surface area contributed by atoms with Gasteiger partial charge in [0.25, 0.3) is 5.69 Å². The number of hydrogen-bond donors (Lipinski definition) is 0. The van der Waals surface area contributed by atoms with Crippen LogP contribution in [-0.2, 0) is 6.54 Å². The van der Waals surface area contributed by atoms with Gasteiger partial charge in [-0.05, 0) is 35.4 Å². The van der Waals surface area contributed by atoms with Crippen LogP contribution >= 0.6 is 0 Å². The van der Waals surface area contributed by atoms with E-state index in [0.29, 0.717) is 23.5 Å². The molecule has 6 heteroatoms. The highest BCUT2D eigenvalue weighted by Gasteiger charge is 2.16. The van der Waals surface area contributed by atoms with Crippen molar-refractivity contribution in [3.8, 4) is 16.9 Å². The third kappa shape index (κ3) is 5.49. The summed E-state index contributed by atoms with van der Waals surface area (Å²) < 4.78 is 8.02.